The fourth-order valence-corrected chi connectivity index (χ4v) is 4.88. The lowest BCUT2D eigenvalue weighted by molar-refractivity contribution is 0.262. The molecule has 0 saturated heterocycles. The number of anilines is 3. The number of nitrogens with zero attached hydrogens (tertiary/aromatic N) is 6. The maximum absolute atomic E-state index is 13.4. The summed E-state index contributed by atoms with van der Waals surface area (Å²) >= 11 is 0. The van der Waals surface area contributed by atoms with Crippen LogP contribution in [0.3, 0.4) is 0 Å². The number of nitrogens with one attached hydrogen (secondary N) is 3. The summed E-state index contributed by atoms with van der Waals surface area (Å²) in [4.78, 5) is 35.4. The van der Waals surface area contributed by atoms with E-state index in [1.165, 1.54) is 4.57 Å². The molecule has 6 rings (SSSR count). The largest absolute Gasteiger partial charge is 0.357 e. The second-order valence-electron chi connectivity index (χ2n) is 11.3. The van der Waals surface area contributed by atoms with Crippen LogP contribution in [0.5, 0.6) is 0 Å². The molecule has 2 amide bonds. The number of aryl methyl sites for hydroxylation is 2. The zero-order valence-corrected chi connectivity index (χ0v) is 24.7. The molecule has 0 atom stereocenters. The molecule has 12 heteroatoms. The number of amides is 2. The predicted octanol–water partition coefficient (Wildman–Crippen LogP) is 5.75. The molecule has 43 heavy (non-hydrogen) atoms. The van der Waals surface area contributed by atoms with Crippen molar-refractivity contribution in [2.24, 2.45) is 7.05 Å². The van der Waals surface area contributed by atoms with Crippen molar-refractivity contribution in [2.75, 3.05) is 23.0 Å². The van der Waals surface area contributed by atoms with Crippen LogP contribution in [0.25, 0.3) is 44.4 Å². The van der Waals surface area contributed by atoms with Crippen molar-refractivity contribution >= 4 is 45.4 Å². The van der Waals surface area contributed by atoms with Crippen LogP contribution in [0.4, 0.5) is 22.1 Å². The number of rotatable bonds is 5. The summed E-state index contributed by atoms with van der Waals surface area (Å²) in [5.41, 5.74) is 5.21. The minimum atomic E-state index is -0.449. The van der Waals surface area contributed by atoms with Crippen molar-refractivity contribution in [3.8, 4) is 22.4 Å². The van der Waals surface area contributed by atoms with Gasteiger partial charge in [0.05, 0.1) is 17.4 Å². The van der Waals surface area contributed by atoms with E-state index in [9.17, 15) is 9.59 Å². The third kappa shape index (κ3) is 5.18. The number of benzene rings is 2. The number of aromatic nitrogens is 6. The van der Waals surface area contributed by atoms with Gasteiger partial charge in [0.1, 0.15) is 11.3 Å². The molecule has 218 valence electrons. The summed E-state index contributed by atoms with van der Waals surface area (Å²) in [6.45, 7) is 8.03. The van der Waals surface area contributed by atoms with Crippen LogP contribution in [-0.4, -0.2) is 42.6 Å². The van der Waals surface area contributed by atoms with Crippen LogP contribution in [0.1, 0.15) is 26.3 Å². The summed E-state index contributed by atoms with van der Waals surface area (Å²) in [6, 6.07) is 12.4. The van der Waals surface area contributed by atoms with E-state index in [1.807, 2.05) is 62.8 Å². The molecule has 0 aliphatic heterocycles. The molecule has 4 aromatic heterocycles. The molecule has 6 aromatic rings. The molecule has 12 nitrogen and oxygen atoms in total. The van der Waals surface area contributed by atoms with E-state index in [1.54, 1.807) is 44.7 Å². The summed E-state index contributed by atoms with van der Waals surface area (Å²) in [5.74, 6) is 0.430. The van der Waals surface area contributed by atoms with E-state index in [4.69, 9.17) is 9.62 Å². The standard InChI is InChI=1S/C31H31N9O3/c1-17-7-9-21(13-22(17)23-12-20-14-33-29(32-5)37-27(20)39(6)28(23)41)35-30(42)36-24-16-40(31(2,3)4)38-26(24)18-8-10-25-19(11-18)15-34-43-25/h7-16H,1-6H3,(H,32,33,37)(H2,35,36,42). The molecule has 0 aliphatic rings. The summed E-state index contributed by atoms with van der Waals surface area (Å²) in [5, 5.41) is 19.0. The smallest absolute Gasteiger partial charge is 0.323 e. The second-order valence-corrected chi connectivity index (χ2v) is 11.3. The van der Waals surface area contributed by atoms with Gasteiger partial charge in [-0.15, -0.1) is 0 Å². The Morgan fingerprint density at radius 3 is 2.56 bits per heavy atom. The molecule has 0 unspecified atom stereocenters. The Hall–Kier alpha value is -5.52. The number of hydrogen-bond acceptors (Lipinski definition) is 8. The topological polar surface area (TPSA) is 145 Å². The lowest BCUT2D eigenvalue weighted by Crippen LogP contribution is -2.22. The lowest BCUT2D eigenvalue weighted by atomic mass is 10.00. The molecule has 0 radical (unpaired) electrons. The van der Waals surface area contributed by atoms with E-state index < -0.39 is 6.03 Å². The quantitative estimate of drug-likeness (QED) is 0.235. The van der Waals surface area contributed by atoms with Gasteiger partial charge in [-0.1, -0.05) is 11.2 Å². The number of urea groups is 1. The van der Waals surface area contributed by atoms with E-state index >= 15 is 0 Å². The number of carbonyl (C=O) groups excluding carboxylic acids is 1. The number of carbonyl (C=O) groups is 1. The average Bonchev–Trinajstić information content (AvgIpc) is 3.62. The predicted molar refractivity (Wildman–Crippen MR) is 167 cm³/mol. The van der Waals surface area contributed by atoms with Crippen LogP contribution >= 0.6 is 0 Å². The number of pyridine rings is 1. The Labute approximate surface area is 246 Å². The minimum absolute atomic E-state index is 0.206. The van der Waals surface area contributed by atoms with Gasteiger partial charge in [-0.2, -0.15) is 10.1 Å². The fourth-order valence-electron chi connectivity index (χ4n) is 4.88. The first-order valence-electron chi connectivity index (χ1n) is 13.7. The maximum Gasteiger partial charge on any atom is 0.323 e. The fraction of sp³-hybridized carbons (Fsp3) is 0.226. The Kier molecular flexibility index (Phi) is 6.68. The Morgan fingerprint density at radius 1 is 0.977 bits per heavy atom. The van der Waals surface area contributed by atoms with E-state index in [0.29, 0.717) is 45.4 Å². The monoisotopic (exact) mass is 577 g/mol. The summed E-state index contributed by atoms with van der Waals surface area (Å²) in [7, 11) is 3.41. The van der Waals surface area contributed by atoms with E-state index in [0.717, 1.165) is 21.9 Å². The molecular formula is C31H31N9O3. The molecule has 0 fully saturated rings. The zero-order valence-electron chi connectivity index (χ0n) is 24.7. The Balaban J connectivity index is 1.32. The SMILES string of the molecule is CNc1ncc2cc(-c3cc(NC(=O)Nc4cn(C(C)(C)C)nc4-c4ccc5oncc5c4)ccc3C)c(=O)n(C)c2n1. The molecule has 0 saturated carbocycles. The average molecular weight is 578 g/mol. The molecule has 0 bridgehead atoms. The van der Waals surface area contributed by atoms with Gasteiger partial charge in [0.2, 0.25) is 5.95 Å². The van der Waals surface area contributed by atoms with Crippen molar-refractivity contribution in [2.45, 2.75) is 33.2 Å². The highest BCUT2D eigenvalue weighted by atomic mass is 16.5. The summed E-state index contributed by atoms with van der Waals surface area (Å²) in [6.07, 6.45) is 5.13. The lowest BCUT2D eigenvalue weighted by Gasteiger charge is -2.18. The molecule has 3 N–H and O–H groups in total. The maximum atomic E-state index is 13.4. The number of fused-ring (bicyclic) bond motifs is 2. The van der Waals surface area contributed by atoms with Gasteiger partial charge in [-0.25, -0.2) is 9.78 Å². The third-order valence-electron chi connectivity index (χ3n) is 7.23. The van der Waals surface area contributed by atoms with Gasteiger partial charge in [-0.05, 0) is 75.2 Å². The van der Waals surface area contributed by atoms with Gasteiger partial charge in [0, 0.05) is 54.1 Å². The van der Waals surface area contributed by atoms with Gasteiger partial charge < -0.3 is 20.5 Å². The number of hydrogen-bond donors (Lipinski definition) is 3. The highest BCUT2D eigenvalue weighted by Crippen LogP contribution is 2.32. The first-order chi connectivity index (χ1) is 20.5. The molecular weight excluding hydrogens is 546 g/mol. The summed E-state index contributed by atoms with van der Waals surface area (Å²) < 4.78 is 8.56. The minimum Gasteiger partial charge on any atom is -0.357 e. The zero-order chi connectivity index (χ0) is 30.5. The van der Waals surface area contributed by atoms with Crippen LogP contribution in [0.2, 0.25) is 0 Å². The van der Waals surface area contributed by atoms with Gasteiger partial charge in [0.25, 0.3) is 5.56 Å². The van der Waals surface area contributed by atoms with Crippen LogP contribution in [0.15, 0.2) is 70.4 Å². The van der Waals surface area contributed by atoms with Crippen LogP contribution in [-0.2, 0) is 12.6 Å². The van der Waals surface area contributed by atoms with E-state index in [2.05, 4.69) is 31.1 Å². The highest BCUT2D eigenvalue weighted by Gasteiger charge is 2.21. The van der Waals surface area contributed by atoms with Crippen molar-refractivity contribution in [1.82, 2.24) is 29.5 Å². The highest BCUT2D eigenvalue weighted by molar-refractivity contribution is 6.02. The van der Waals surface area contributed by atoms with Crippen molar-refractivity contribution in [1.29, 1.82) is 0 Å². The van der Waals surface area contributed by atoms with Gasteiger partial charge in [0.15, 0.2) is 5.58 Å². The van der Waals surface area contributed by atoms with Crippen molar-refractivity contribution in [3.63, 3.8) is 0 Å². The first-order valence-corrected chi connectivity index (χ1v) is 13.7. The molecule has 0 spiro atoms. The second kappa shape index (κ2) is 10.4. The van der Waals surface area contributed by atoms with E-state index in [-0.39, 0.29) is 11.1 Å². The molecule has 4 heterocycles. The Bertz CT molecular complexity index is 2080. The van der Waals surface area contributed by atoms with Crippen molar-refractivity contribution in [3.05, 3.63) is 77.0 Å². The first kappa shape index (κ1) is 27.6. The Morgan fingerprint density at radius 2 is 1.79 bits per heavy atom. The van der Waals surface area contributed by atoms with Crippen LogP contribution in [0, 0.1) is 6.92 Å². The van der Waals surface area contributed by atoms with Gasteiger partial charge in [-0.3, -0.25) is 14.0 Å². The van der Waals surface area contributed by atoms with Gasteiger partial charge >= 0.3 is 6.03 Å². The molecule has 0 aliphatic carbocycles. The third-order valence-corrected chi connectivity index (χ3v) is 7.23. The molecule has 2 aromatic carbocycles. The van der Waals surface area contributed by atoms with Crippen molar-refractivity contribution < 1.29 is 9.32 Å². The normalized spacial score (nSPS) is 11.7. The van der Waals surface area contributed by atoms with Crippen LogP contribution < -0.4 is 21.5 Å².